The van der Waals surface area contributed by atoms with Crippen LogP contribution >= 0.6 is 11.3 Å². The summed E-state index contributed by atoms with van der Waals surface area (Å²) < 4.78 is 5.64. The number of nitrogens with two attached hydrogens (primary N) is 1. The zero-order valence-corrected chi connectivity index (χ0v) is 11.2. The Morgan fingerprint density at radius 3 is 3.16 bits per heavy atom. The SMILES string of the molecule is COCC(O)CNC(=O)c1ccc2nc(N)sc2c1. The van der Waals surface area contributed by atoms with Gasteiger partial charge in [0.2, 0.25) is 0 Å². The standard InChI is InChI=1S/C12H15N3O3S/c1-18-6-8(16)5-14-11(17)7-2-3-9-10(4-7)19-12(13)15-9/h2-4,8,16H,5-6H2,1H3,(H2,13,15)(H,14,17). The van der Waals surface area contributed by atoms with Crippen molar-refractivity contribution in [3.8, 4) is 0 Å². The highest BCUT2D eigenvalue weighted by Gasteiger charge is 2.10. The molecule has 0 bridgehead atoms. The minimum Gasteiger partial charge on any atom is -0.389 e. The molecule has 1 aromatic heterocycles. The van der Waals surface area contributed by atoms with Crippen molar-refractivity contribution in [1.82, 2.24) is 10.3 Å². The van der Waals surface area contributed by atoms with Crippen LogP contribution in [0.15, 0.2) is 18.2 Å². The van der Waals surface area contributed by atoms with Crippen LogP contribution in [0.1, 0.15) is 10.4 Å². The fourth-order valence-electron chi connectivity index (χ4n) is 1.65. The van der Waals surface area contributed by atoms with E-state index in [1.807, 2.05) is 0 Å². The highest BCUT2D eigenvalue weighted by Crippen LogP contribution is 2.24. The van der Waals surface area contributed by atoms with Crippen molar-refractivity contribution in [3.63, 3.8) is 0 Å². The van der Waals surface area contributed by atoms with Gasteiger partial charge in [-0.3, -0.25) is 4.79 Å². The summed E-state index contributed by atoms with van der Waals surface area (Å²) in [4.78, 5) is 16.0. The van der Waals surface area contributed by atoms with Crippen LogP contribution in [0.3, 0.4) is 0 Å². The molecule has 7 heteroatoms. The van der Waals surface area contributed by atoms with E-state index in [4.69, 9.17) is 10.5 Å². The van der Waals surface area contributed by atoms with Gasteiger partial charge in [-0.15, -0.1) is 0 Å². The topological polar surface area (TPSA) is 97.5 Å². The van der Waals surface area contributed by atoms with Crippen molar-refractivity contribution < 1.29 is 14.6 Å². The van der Waals surface area contributed by atoms with Crippen molar-refractivity contribution in [2.24, 2.45) is 0 Å². The number of hydrogen-bond acceptors (Lipinski definition) is 6. The highest BCUT2D eigenvalue weighted by atomic mass is 32.1. The van der Waals surface area contributed by atoms with Crippen molar-refractivity contribution in [2.45, 2.75) is 6.10 Å². The van der Waals surface area contributed by atoms with Gasteiger partial charge < -0.3 is 20.9 Å². The number of nitrogens with one attached hydrogen (secondary N) is 1. The molecule has 0 radical (unpaired) electrons. The zero-order valence-electron chi connectivity index (χ0n) is 10.4. The zero-order chi connectivity index (χ0) is 13.8. The summed E-state index contributed by atoms with van der Waals surface area (Å²) in [6.07, 6.45) is -0.711. The molecule has 6 nitrogen and oxygen atoms in total. The number of hydrogen-bond donors (Lipinski definition) is 3. The van der Waals surface area contributed by atoms with Gasteiger partial charge in [-0.05, 0) is 18.2 Å². The number of rotatable bonds is 5. The van der Waals surface area contributed by atoms with Crippen molar-refractivity contribution in [3.05, 3.63) is 23.8 Å². The maximum Gasteiger partial charge on any atom is 0.251 e. The van der Waals surface area contributed by atoms with E-state index in [1.165, 1.54) is 18.4 Å². The molecule has 0 spiro atoms. The lowest BCUT2D eigenvalue weighted by Gasteiger charge is -2.10. The molecule has 1 amide bonds. The number of benzene rings is 1. The van der Waals surface area contributed by atoms with E-state index in [9.17, 15) is 9.90 Å². The third-order valence-electron chi connectivity index (χ3n) is 2.52. The number of nitrogens with zero attached hydrogens (tertiary/aromatic N) is 1. The summed E-state index contributed by atoms with van der Waals surface area (Å²) in [5.41, 5.74) is 6.90. The predicted octanol–water partition coefficient (Wildman–Crippen LogP) is 0.616. The number of carbonyl (C=O) groups is 1. The lowest BCUT2D eigenvalue weighted by molar-refractivity contribution is 0.0610. The van der Waals surface area contributed by atoms with E-state index in [2.05, 4.69) is 10.3 Å². The van der Waals surface area contributed by atoms with Crippen LogP contribution in [0, 0.1) is 0 Å². The van der Waals surface area contributed by atoms with Crippen LogP contribution in [0.2, 0.25) is 0 Å². The Morgan fingerprint density at radius 2 is 2.42 bits per heavy atom. The van der Waals surface area contributed by atoms with E-state index >= 15 is 0 Å². The maximum atomic E-state index is 11.9. The van der Waals surface area contributed by atoms with Crippen molar-refractivity contribution in [2.75, 3.05) is 26.0 Å². The average molecular weight is 281 g/mol. The maximum absolute atomic E-state index is 11.9. The summed E-state index contributed by atoms with van der Waals surface area (Å²) in [6.45, 7) is 0.334. The molecular formula is C12H15N3O3S. The Labute approximate surface area is 114 Å². The fraction of sp³-hybridized carbons (Fsp3) is 0.333. The largest absolute Gasteiger partial charge is 0.389 e. The number of amides is 1. The first-order chi connectivity index (χ1) is 9.10. The van der Waals surface area contributed by atoms with Crippen LogP contribution in [0.25, 0.3) is 10.2 Å². The number of aliphatic hydroxyl groups is 1. The van der Waals surface area contributed by atoms with E-state index < -0.39 is 6.10 Å². The summed E-state index contributed by atoms with van der Waals surface area (Å²) >= 11 is 1.33. The number of fused-ring (bicyclic) bond motifs is 1. The van der Waals surface area contributed by atoms with Crippen LogP contribution < -0.4 is 11.1 Å². The molecule has 2 rings (SSSR count). The van der Waals surface area contributed by atoms with Crippen molar-refractivity contribution >= 4 is 32.6 Å². The number of carbonyl (C=O) groups excluding carboxylic acids is 1. The molecule has 0 aliphatic rings. The Bertz CT molecular complexity index is 585. The summed E-state index contributed by atoms with van der Waals surface area (Å²) in [7, 11) is 1.49. The van der Waals surface area contributed by atoms with Crippen molar-refractivity contribution in [1.29, 1.82) is 0 Å². The molecule has 1 heterocycles. The Kier molecular flexibility index (Phi) is 4.31. The van der Waals surface area contributed by atoms with Gasteiger partial charge in [-0.1, -0.05) is 11.3 Å². The molecule has 19 heavy (non-hydrogen) atoms. The molecule has 1 unspecified atom stereocenters. The number of nitrogen functional groups attached to an aromatic ring is 1. The first-order valence-corrected chi connectivity index (χ1v) is 6.53. The summed E-state index contributed by atoms with van der Waals surface area (Å²) in [5, 5.41) is 12.6. The van der Waals surface area contributed by atoms with E-state index in [0.29, 0.717) is 10.7 Å². The fourth-order valence-corrected chi connectivity index (χ4v) is 2.42. The normalized spacial score (nSPS) is 12.5. The van der Waals surface area contributed by atoms with Gasteiger partial charge in [0.15, 0.2) is 5.13 Å². The second-order valence-corrected chi connectivity index (χ2v) is 5.12. The van der Waals surface area contributed by atoms with Gasteiger partial charge >= 0.3 is 0 Å². The number of aromatic nitrogens is 1. The van der Waals surface area contributed by atoms with E-state index in [-0.39, 0.29) is 19.1 Å². The van der Waals surface area contributed by atoms with Gasteiger partial charge in [0, 0.05) is 19.2 Å². The number of anilines is 1. The molecule has 0 fully saturated rings. The number of aliphatic hydroxyl groups excluding tert-OH is 1. The van der Waals surface area contributed by atoms with Gasteiger partial charge in [0.1, 0.15) is 0 Å². The Hall–Kier alpha value is -1.70. The summed E-state index contributed by atoms with van der Waals surface area (Å²) in [5.74, 6) is -0.246. The second-order valence-electron chi connectivity index (χ2n) is 4.05. The molecule has 1 atom stereocenters. The number of ether oxygens (including phenoxy) is 1. The van der Waals surface area contributed by atoms with Crippen LogP contribution in [0.5, 0.6) is 0 Å². The first-order valence-electron chi connectivity index (χ1n) is 5.71. The Balaban J connectivity index is 2.04. The Morgan fingerprint density at radius 1 is 1.63 bits per heavy atom. The first kappa shape index (κ1) is 13.7. The molecule has 0 saturated heterocycles. The monoisotopic (exact) mass is 281 g/mol. The van der Waals surface area contributed by atoms with E-state index in [1.54, 1.807) is 18.2 Å². The minimum atomic E-state index is -0.711. The van der Waals surface area contributed by atoms with Gasteiger partial charge in [-0.25, -0.2) is 4.98 Å². The van der Waals surface area contributed by atoms with Gasteiger partial charge in [0.25, 0.3) is 5.91 Å². The molecule has 1 aromatic carbocycles. The molecule has 102 valence electrons. The average Bonchev–Trinajstić information content (AvgIpc) is 2.75. The second kappa shape index (κ2) is 5.96. The summed E-state index contributed by atoms with van der Waals surface area (Å²) in [6, 6.07) is 5.17. The van der Waals surface area contributed by atoms with Crippen LogP contribution in [-0.4, -0.2) is 42.4 Å². The molecule has 2 aromatic rings. The van der Waals surface area contributed by atoms with Gasteiger partial charge in [-0.2, -0.15) is 0 Å². The highest BCUT2D eigenvalue weighted by molar-refractivity contribution is 7.22. The van der Waals surface area contributed by atoms with E-state index in [0.717, 1.165) is 10.2 Å². The molecule has 0 aliphatic carbocycles. The smallest absolute Gasteiger partial charge is 0.251 e. The molecular weight excluding hydrogens is 266 g/mol. The molecule has 0 saturated carbocycles. The van der Waals surface area contributed by atoms with Crippen LogP contribution in [-0.2, 0) is 4.74 Å². The minimum absolute atomic E-state index is 0.148. The number of methoxy groups -OCH3 is 1. The predicted molar refractivity (Wildman–Crippen MR) is 74.2 cm³/mol. The quantitative estimate of drug-likeness (QED) is 0.746. The van der Waals surface area contributed by atoms with Crippen LogP contribution in [0.4, 0.5) is 5.13 Å². The molecule has 0 aliphatic heterocycles. The lowest BCUT2D eigenvalue weighted by Crippen LogP contribution is -2.34. The lowest BCUT2D eigenvalue weighted by atomic mass is 10.2. The molecule has 4 N–H and O–H groups in total. The third kappa shape index (κ3) is 3.40. The number of thiazole rings is 1. The third-order valence-corrected chi connectivity index (χ3v) is 3.37. The van der Waals surface area contributed by atoms with Gasteiger partial charge in [0.05, 0.1) is 22.9 Å².